The molecular formula is C23H29ClN2O3. The van der Waals surface area contributed by atoms with Gasteiger partial charge in [0.05, 0.1) is 13.2 Å². The molecule has 2 aromatic rings. The van der Waals surface area contributed by atoms with Crippen molar-refractivity contribution >= 4 is 29.1 Å². The molecule has 0 aromatic heterocycles. The van der Waals surface area contributed by atoms with Gasteiger partial charge in [0, 0.05) is 24.2 Å². The molecule has 2 aromatic carbocycles. The fraction of sp³-hybridized carbons (Fsp3) is 0.391. The van der Waals surface area contributed by atoms with Gasteiger partial charge in [-0.05, 0) is 69.0 Å². The number of carbonyl (C=O) groups is 2. The van der Waals surface area contributed by atoms with Gasteiger partial charge in [0.1, 0.15) is 5.75 Å². The summed E-state index contributed by atoms with van der Waals surface area (Å²) < 4.78 is 5.71. The van der Waals surface area contributed by atoms with Crippen LogP contribution in [0.4, 0.5) is 5.69 Å². The van der Waals surface area contributed by atoms with Crippen LogP contribution in [0.1, 0.15) is 35.1 Å². The van der Waals surface area contributed by atoms with Gasteiger partial charge in [-0.2, -0.15) is 0 Å². The van der Waals surface area contributed by atoms with Crippen molar-refractivity contribution in [3.63, 3.8) is 0 Å². The third-order valence-corrected chi connectivity index (χ3v) is 4.91. The van der Waals surface area contributed by atoms with Gasteiger partial charge >= 0.3 is 0 Å². The van der Waals surface area contributed by atoms with E-state index in [0.29, 0.717) is 24.5 Å². The number of nitrogens with zero attached hydrogens (tertiary/aromatic N) is 1. The number of anilines is 1. The van der Waals surface area contributed by atoms with Crippen LogP contribution in [0.3, 0.4) is 0 Å². The second kappa shape index (κ2) is 10.3. The molecule has 0 unspecified atom stereocenters. The lowest BCUT2D eigenvalue weighted by Crippen LogP contribution is -2.35. The average molecular weight is 417 g/mol. The van der Waals surface area contributed by atoms with E-state index in [0.717, 1.165) is 33.7 Å². The Morgan fingerprint density at radius 2 is 1.69 bits per heavy atom. The standard InChI is InChI=1S/C23H29ClN2O3/c1-15-11-17(3)23(18(4)12-15)25-21(27)14-26(5)22(28)7-6-10-29-20-9-8-19(24)13-16(20)2/h8-9,11-13H,6-7,10,14H2,1-5H3,(H,25,27). The average Bonchev–Trinajstić information content (AvgIpc) is 2.63. The predicted octanol–water partition coefficient (Wildman–Crippen LogP) is 4.83. The molecule has 6 heteroatoms. The number of hydrogen-bond acceptors (Lipinski definition) is 3. The molecule has 5 nitrogen and oxygen atoms in total. The van der Waals surface area contributed by atoms with Crippen molar-refractivity contribution in [2.75, 3.05) is 25.5 Å². The first-order valence-corrected chi connectivity index (χ1v) is 10.1. The second-order valence-corrected chi connectivity index (χ2v) is 7.87. The highest BCUT2D eigenvalue weighted by atomic mass is 35.5. The summed E-state index contributed by atoms with van der Waals surface area (Å²) in [6, 6.07) is 9.50. The molecule has 2 amide bonds. The molecule has 0 saturated carbocycles. The Morgan fingerprint density at radius 1 is 1.03 bits per heavy atom. The number of aryl methyl sites for hydroxylation is 4. The van der Waals surface area contributed by atoms with Gasteiger partial charge in [-0.3, -0.25) is 9.59 Å². The Balaban J connectivity index is 1.77. The topological polar surface area (TPSA) is 58.6 Å². The van der Waals surface area contributed by atoms with Gasteiger partial charge in [-0.1, -0.05) is 29.3 Å². The maximum atomic E-state index is 12.4. The highest BCUT2D eigenvalue weighted by Gasteiger charge is 2.15. The lowest BCUT2D eigenvalue weighted by molar-refractivity contribution is -0.133. The van der Waals surface area contributed by atoms with E-state index in [1.807, 2.05) is 52.0 Å². The molecule has 0 aliphatic heterocycles. The highest BCUT2D eigenvalue weighted by Crippen LogP contribution is 2.23. The van der Waals surface area contributed by atoms with E-state index in [-0.39, 0.29) is 18.4 Å². The molecule has 0 atom stereocenters. The summed E-state index contributed by atoms with van der Waals surface area (Å²) in [5.41, 5.74) is 4.95. The lowest BCUT2D eigenvalue weighted by Gasteiger charge is -2.18. The normalized spacial score (nSPS) is 10.6. The van der Waals surface area contributed by atoms with Crippen LogP contribution in [0.15, 0.2) is 30.3 Å². The molecule has 156 valence electrons. The van der Waals surface area contributed by atoms with Crippen LogP contribution in [0.2, 0.25) is 5.02 Å². The van der Waals surface area contributed by atoms with Gasteiger partial charge in [0.25, 0.3) is 0 Å². The molecule has 1 N–H and O–H groups in total. The Bertz CT molecular complexity index is 873. The number of hydrogen-bond donors (Lipinski definition) is 1. The number of halogens is 1. The van der Waals surface area contributed by atoms with Crippen molar-refractivity contribution in [2.45, 2.75) is 40.5 Å². The van der Waals surface area contributed by atoms with Gasteiger partial charge < -0.3 is 15.0 Å². The van der Waals surface area contributed by atoms with E-state index in [1.165, 1.54) is 4.90 Å². The van der Waals surface area contributed by atoms with Crippen LogP contribution in [0.25, 0.3) is 0 Å². The molecule has 2 rings (SSSR count). The van der Waals surface area contributed by atoms with Crippen LogP contribution >= 0.6 is 11.6 Å². The summed E-state index contributed by atoms with van der Waals surface area (Å²) in [6.45, 7) is 8.32. The molecule has 29 heavy (non-hydrogen) atoms. The van der Waals surface area contributed by atoms with Gasteiger partial charge in [0.2, 0.25) is 11.8 Å². The van der Waals surface area contributed by atoms with E-state index in [2.05, 4.69) is 5.32 Å². The summed E-state index contributed by atoms with van der Waals surface area (Å²) in [4.78, 5) is 26.1. The zero-order valence-corrected chi connectivity index (χ0v) is 18.5. The quantitative estimate of drug-likeness (QED) is 0.627. The van der Waals surface area contributed by atoms with E-state index < -0.39 is 0 Å². The summed E-state index contributed by atoms with van der Waals surface area (Å²) >= 11 is 5.93. The van der Waals surface area contributed by atoms with E-state index in [1.54, 1.807) is 13.1 Å². The van der Waals surface area contributed by atoms with Crippen LogP contribution in [0, 0.1) is 27.7 Å². The van der Waals surface area contributed by atoms with Gasteiger partial charge in [-0.15, -0.1) is 0 Å². The first kappa shape index (κ1) is 22.8. The maximum absolute atomic E-state index is 12.4. The van der Waals surface area contributed by atoms with E-state index in [9.17, 15) is 9.59 Å². The number of ether oxygens (including phenoxy) is 1. The molecule has 0 radical (unpaired) electrons. The van der Waals surface area contributed by atoms with Crippen LogP contribution < -0.4 is 10.1 Å². The second-order valence-electron chi connectivity index (χ2n) is 7.43. The van der Waals surface area contributed by atoms with Crippen molar-refractivity contribution in [2.24, 2.45) is 0 Å². The first-order valence-electron chi connectivity index (χ1n) is 9.68. The van der Waals surface area contributed by atoms with Crippen LogP contribution in [-0.2, 0) is 9.59 Å². The predicted molar refractivity (Wildman–Crippen MR) is 118 cm³/mol. The van der Waals surface area contributed by atoms with Gasteiger partial charge in [0.15, 0.2) is 0 Å². The Hall–Kier alpha value is -2.53. The van der Waals surface area contributed by atoms with Crippen molar-refractivity contribution in [3.05, 3.63) is 57.6 Å². The molecule has 0 fully saturated rings. The lowest BCUT2D eigenvalue weighted by atomic mass is 10.1. The minimum absolute atomic E-state index is 0.0166. The first-order chi connectivity index (χ1) is 13.7. The largest absolute Gasteiger partial charge is 0.493 e. The SMILES string of the molecule is Cc1cc(C)c(NC(=O)CN(C)C(=O)CCCOc2ccc(Cl)cc2C)c(C)c1. The molecule has 0 aliphatic carbocycles. The van der Waals surface area contributed by atoms with Crippen molar-refractivity contribution < 1.29 is 14.3 Å². The van der Waals surface area contributed by atoms with Gasteiger partial charge in [-0.25, -0.2) is 0 Å². The third-order valence-electron chi connectivity index (χ3n) is 4.68. The molecule has 0 heterocycles. The Labute approximate surface area is 178 Å². The Kier molecular flexibility index (Phi) is 8.09. The maximum Gasteiger partial charge on any atom is 0.243 e. The molecule has 0 aliphatic rings. The Morgan fingerprint density at radius 3 is 2.31 bits per heavy atom. The van der Waals surface area contributed by atoms with Crippen molar-refractivity contribution in [3.8, 4) is 5.75 Å². The number of amides is 2. The third kappa shape index (κ3) is 6.79. The molecule has 0 bridgehead atoms. The minimum atomic E-state index is -0.205. The summed E-state index contributed by atoms with van der Waals surface area (Å²) in [5.74, 6) is 0.469. The number of carbonyl (C=O) groups excluding carboxylic acids is 2. The summed E-state index contributed by atoms with van der Waals surface area (Å²) in [6.07, 6.45) is 0.891. The zero-order chi connectivity index (χ0) is 21.6. The highest BCUT2D eigenvalue weighted by molar-refractivity contribution is 6.30. The smallest absolute Gasteiger partial charge is 0.243 e. The van der Waals surface area contributed by atoms with Crippen LogP contribution in [0.5, 0.6) is 5.75 Å². The monoisotopic (exact) mass is 416 g/mol. The molecule has 0 saturated heterocycles. The number of rotatable bonds is 8. The fourth-order valence-electron chi connectivity index (χ4n) is 3.23. The number of benzene rings is 2. The van der Waals surface area contributed by atoms with Crippen molar-refractivity contribution in [1.29, 1.82) is 0 Å². The number of likely N-dealkylation sites (N-methyl/N-ethyl adjacent to an activating group) is 1. The van der Waals surface area contributed by atoms with Crippen molar-refractivity contribution in [1.82, 2.24) is 4.90 Å². The molecule has 0 spiro atoms. The van der Waals surface area contributed by atoms with E-state index in [4.69, 9.17) is 16.3 Å². The summed E-state index contributed by atoms with van der Waals surface area (Å²) in [5, 5.41) is 3.59. The zero-order valence-electron chi connectivity index (χ0n) is 17.8. The van der Waals surface area contributed by atoms with E-state index >= 15 is 0 Å². The number of nitrogens with one attached hydrogen (secondary N) is 1. The molecular weight excluding hydrogens is 388 g/mol. The minimum Gasteiger partial charge on any atom is -0.493 e. The van der Waals surface area contributed by atoms with Crippen LogP contribution in [-0.4, -0.2) is 36.9 Å². The summed E-state index contributed by atoms with van der Waals surface area (Å²) in [7, 11) is 1.64. The fourth-order valence-corrected chi connectivity index (χ4v) is 3.46.